The second kappa shape index (κ2) is 4.69. The molecule has 0 amide bonds. The molecule has 1 aromatic heterocycles. The van der Waals surface area contributed by atoms with E-state index in [-0.39, 0.29) is 0 Å². The highest BCUT2D eigenvalue weighted by Crippen LogP contribution is 2.35. The minimum absolute atomic E-state index is 0.661. The highest BCUT2D eigenvalue weighted by molar-refractivity contribution is 5.25. The van der Waals surface area contributed by atoms with Crippen molar-refractivity contribution in [1.82, 2.24) is 9.55 Å². The van der Waals surface area contributed by atoms with Crippen LogP contribution in [0.4, 0.5) is 5.95 Å². The van der Waals surface area contributed by atoms with Gasteiger partial charge in [-0.25, -0.2) is 4.98 Å². The molecule has 1 fully saturated rings. The van der Waals surface area contributed by atoms with E-state index < -0.39 is 0 Å². The average molecular weight is 207 g/mol. The lowest BCUT2D eigenvalue weighted by Crippen LogP contribution is -2.19. The van der Waals surface area contributed by atoms with Crippen molar-refractivity contribution in [2.24, 2.45) is 5.92 Å². The van der Waals surface area contributed by atoms with E-state index >= 15 is 0 Å². The summed E-state index contributed by atoms with van der Waals surface area (Å²) in [6, 6.07) is 0.661. The van der Waals surface area contributed by atoms with Crippen molar-refractivity contribution in [3.05, 3.63) is 12.4 Å². The molecule has 0 aliphatic heterocycles. The van der Waals surface area contributed by atoms with E-state index in [0.717, 1.165) is 11.9 Å². The minimum atomic E-state index is 0.661. The second-order valence-electron chi connectivity index (χ2n) is 4.50. The number of hydrogen-bond donors (Lipinski definition) is 1. The minimum Gasteiger partial charge on any atom is -0.359 e. The lowest BCUT2D eigenvalue weighted by Gasteiger charge is -2.30. The Morgan fingerprint density at radius 1 is 1.53 bits per heavy atom. The quantitative estimate of drug-likeness (QED) is 0.825. The Balaban J connectivity index is 2.09. The summed E-state index contributed by atoms with van der Waals surface area (Å²) in [5.74, 6) is 1.92. The van der Waals surface area contributed by atoms with Crippen molar-refractivity contribution in [2.75, 3.05) is 12.4 Å². The van der Waals surface area contributed by atoms with Crippen molar-refractivity contribution >= 4 is 5.95 Å². The van der Waals surface area contributed by atoms with Crippen LogP contribution in [0.2, 0.25) is 0 Å². The highest BCUT2D eigenvalue weighted by atomic mass is 15.2. The Kier molecular flexibility index (Phi) is 3.29. The molecule has 0 radical (unpaired) electrons. The van der Waals surface area contributed by atoms with Crippen molar-refractivity contribution in [3.63, 3.8) is 0 Å². The van der Waals surface area contributed by atoms with Crippen molar-refractivity contribution in [3.8, 4) is 0 Å². The Morgan fingerprint density at radius 2 is 2.40 bits per heavy atom. The molecule has 0 bridgehead atoms. The van der Waals surface area contributed by atoms with Crippen LogP contribution >= 0.6 is 0 Å². The van der Waals surface area contributed by atoms with Crippen molar-refractivity contribution in [2.45, 2.75) is 45.1 Å². The Hall–Kier alpha value is -0.990. The molecule has 3 heteroatoms. The Labute approximate surface area is 91.9 Å². The lowest BCUT2D eigenvalue weighted by molar-refractivity contribution is 0.263. The predicted molar refractivity (Wildman–Crippen MR) is 63.1 cm³/mol. The topological polar surface area (TPSA) is 29.9 Å². The number of anilines is 1. The molecule has 1 aliphatic carbocycles. The van der Waals surface area contributed by atoms with E-state index in [2.05, 4.69) is 28.0 Å². The maximum atomic E-state index is 4.31. The predicted octanol–water partition coefficient (Wildman–Crippen LogP) is 3.07. The molecule has 15 heavy (non-hydrogen) atoms. The maximum Gasteiger partial charge on any atom is 0.202 e. The summed E-state index contributed by atoms with van der Waals surface area (Å²) < 4.78 is 2.31. The van der Waals surface area contributed by atoms with Crippen molar-refractivity contribution in [1.29, 1.82) is 0 Å². The molecular formula is C12H21N3. The lowest BCUT2D eigenvalue weighted by atomic mass is 9.84. The zero-order valence-corrected chi connectivity index (χ0v) is 9.74. The summed E-state index contributed by atoms with van der Waals surface area (Å²) in [5.41, 5.74) is 0. The molecule has 0 saturated heterocycles. The molecule has 2 rings (SSSR count). The van der Waals surface area contributed by atoms with Gasteiger partial charge in [-0.05, 0) is 18.8 Å². The number of nitrogens with zero attached hydrogens (tertiary/aromatic N) is 2. The van der Waals surface area contributed by atoms with Crippen LogP contribution in [0.15, 0.2) is 12.4 Å². The van der Waals surface area contributed by atoms with Gasteiger partial charge in [0.2, 0.25) is 5.95 Å². The molecule has 84 valence electrons. The fourth-order valence-electron chi connectivity index (χ4n) is 2.69. The van der Waals surface area contributed by atoms with Gasteiger partial charge in [0.1, 0.15) is 0 Å². The summed E-state index contributed by atoms with van der Waals surface area (Å²) in [7, 11) is 1.94. The van der Waals surface area contributed by atoms with Gasteiger partial charge in [-0.3, -0.25) is 0 Å². The number of imidazole rings is 1. The first-order valence-electron chi connectivity index (χ1n) is 6.05. The fraction of sp³-hybridized carbons (Fsp3) is 0.750. The molecular weight excluding hydrogens is 186 g/mol. The molecule has 1 N–H and O–H groups in total. The van der Waals surface area contributed by atoms with E-state index in [4.69, 9.17) is 0 Å². The summed E-state index contributed by atoms with van der Waals surface area (Å²) in [4.78, 5) is 4.31. The van der Waals surface area contributed by atoms with Crippen molar-refractivity contribution < 1.29 is 0 Å². The first-order valence-corrected chi connectivity index (χ1v) is 6.05. The molecule has 3 nitrogen and oxygen atoms in total. The van der Waals surface area contributed by atoms with Crippen LogP contribution in [0.1, 0.15) is 45.1 Å². The van der Waals surface area contributed by atoms with Gasteiger partial charge < -0.3 is 9.88 Å². The molecule has 0 aromatic carbocycles. The van der Waals surface area contributed by atoms with E-state index in [1.807, 2.05) is 13.2 Å². The van der Waals surface area contributed by atoms with Crippen LogP contribution in [-0.2, 0) is 0 Å². The third-order valence-corrected chi connectivity index (χ3v) is 3.62. The van der Waals surface area contributed by atoms with Gasteiger partial charge in [0.05, 0.1) is 0 Å². The van der Waals surface area contributed by atoms with Gasteiger partial charge in [0.25, 0.3) is 0 Å². The standard InChI is InChI=1S/C12H21N3/c1-3-10-5-4-6-11(9-10)15-8-7-14-12(15)13-2/h7-8,10-11H,3-6,9H2,1-2H3,(H,13,14). The van der Waals surface area contributed by atoms with Gasteiger partial charge in [0, 0.05) is 25.5 Å². The molecule has 2 unspecified atom stereocenters. The van der Waals surface area contributed by atoms with Crippen LogP contribution in [0.5, 0.6) is 0 Å². The summed E-state index contributed by atoms with van der Waals surface area (Å²) in [6.07, 6.45) is 10.7. The van der Waals surface area contributed by atoms with Crippen LogP contribution < -0.4 is 5.32 Å². The van der Waals surface area contributed by atoms with Crippen LogP contribution in [0, 0.1) is 5.92 Å². The Bertz CT molecular complexity index is 306. The molecule has 0 spiro atoms. The van der Waals surface area contributed by atoms with E-state index in [0.29, 0.717) is 6.04 Å². The smallest absolute Gasteiger partial charge is 0.202 e. The number of nitrogens with one attached hydrogen (secondary N) is 1. The third-order valence-electron chi connectivity index (χ3n) is 3.62. The summed E-state index contributed by atoms with van der Waals surface area (Å²) in [5, 5.41) is 3.16. The molecule has 1 aromatic rings. The van der Waals surface area contributed by atoms with E-state index in [9.17, 15) is 0 Å². The van der Waals surface area contributed by atoms with Gasteiger partial charge in [-0.1, -0.05) is 26.2 Å². The summed E-state index contributed by atoms with van der Waals surface area (Å²) >= 11 is 0. The normalized spacial score (nSPS) is 26.5. The van der Waals surface area contributed by atoms with Crippen LogP contribution in [0.3, 0.4) is 0 Å². The van der Waals surface area contributed by atoms with Gasteiger partial charge >= 0.3 is 0 Å². The molecule has 1 saturated carbocycles. The van der Waals surface area contributed by atoms with Crippen LogP contribution in [-0.4, -0.2) is 16.6 Å². The van der Waals surface area contributed by atoms with Gasteiger partial charge in [-0.2, -0.15) is 0 Å². The average Bonchev–Trinajstić information content (AvgIpc) is 2.77. The highest BCUT2D eigenvalue weighted by Gasteiger charge is 2.23. The molecule has 2 atom stereocenters. The fourth-order valence-corrected chi connectivity index (χ4v) is 2.69. The summed E-state index contributed by atoms with van der Waals surface area (Å²) in [6.45, 7) is 2.31. The molecule has 1 aliphatic rings. The Morgan fingerprint density at radius 3 is 3.13 bits per heavy atom. The van der Waals surface area contributed by atoms with Gasteiger partial charge in [-0.15, -0.1) is 0 Å². The third kappa shape index (κ3) is 2.16. The number of aromatic nitrogens is 2. The molecule has 1 heterocycles. The largest absolute Gasteiger partial charge is 0.359 e. The monoisotopic (exact) mass is 207 g/mol. The number of hydrogen-bond acceptors (Lipinski definition) is 2. The SMILES string of the molecule is CCC1CCCC(n2ccnc2NC)C1. The second-order valence-corrected chi connectivity index (χ2v) is 4.50. The first kappa shape index (κ1) is 10.5. The maximum absolute atomic E-state index is 4.31. The van der Waals surface area contributed by atoms with E-state index in [1.165, 1.54) is 32.1 Å². The zero-order valence-electron chi connectivity index (χ0n) is 9.74. The number of rotatable bonds is 3. The zero-order chi connectivity index (χ0) is 10.7. The van der Waals surface area contributed by atoms with Gasteiger partial charge in [0.15, 0.2) is 0 Å². The van der Waals surface area contributed by atoms with E-state index in [1.54, 1.807) is 0 Å². The first-order chi connectivity index (χ1) is 7.35. The van der Waals surface area contributed by atoms with Crippen LogP contribution in [0.25, 0.3) is 0 Å².